The van der Waals surface area contributed by atoms with Crippen LogP contribution in [0, 0.1) is 0 Å². The van der Waals surface area contributed by atoms with Gasteiger partial charge < -0.3 is 14.6 Å². The van der Waals surface area contributed by atoms with Crippen molar-refractivity contribution in [3.63, 3.8) is 0 Å². The molecule has 0 saturated carbocycles. The molecule has 5 nitrogen and oxygen atoms in total. The first-order valence-corrected chi connectivity index (χ1v) is 7.06. The first kappa shape index (κ1) is 13.4. The van der Waals surface area contributed by atoms with Crippen molar-refractivity contribution < 1.29 is 9.26 Å². The summed E-state index contributed by atoms with van der Waals surface area (Å²) in [7, 11) is 1.60. The van der Waals surface area contributed by atoms with Gasteiger partial charge in [-0.25, -0.2) is 0 Å². The number of hydrogen-bond acceptors (Lipinski definition) is 5. The van der Waals surface area contributed by atoms with Gasteiger partial charge in [0.15, 0.2) is 0 Å². The van der Waals surface area contributed by atoms with Crippen LogP contribution in [0.3, 0.4) is 0 Å². The van der Waals surface area contributed by atoms with E-state index >= 15 is 0 Å². The maximum atomic E-state index is 5.96. The zero-order valence-electron chi connectivity index (χ0n) is 11.2. The van der Waals surface area contributed by atoms with Crippen LogP contribution in [-0.2, 0) is 0 Å². The molecule has 2 heterocycles. The summed E-state index contributed by atoms with van der Waals surface area (Å²) >= 11 is 5.96. The smallest absolute Gasteiger partial charge is 0.244 e. The minimum atomic E-state index is 0.156. The number of piperidine rings is 1. The zero-order valence-corrected chi connectivity index (χ0v) is 12.0. The fourth-order valence-electron chi connectivity index (χ4n) is 2.40. The number of ether oxygens (including phenoxy) is 1. The predicted molar refractivity (Wildman–Crippen MR) is 75.9 cm³/mol. The van der Waals surface area contributed by atoms with Crippen LogP contribution in [0.4, 0.5) is 0 Å². The topological polar surface area (TPSA) is 60.2 Å². The van der Waals surface area contributed by atoms with Gasteiger partial charge in [-0.15, -0.1) is 0 Å². The molecule has 0 radical (unpaired) electrons. The van der Waals surface area contributed by atoms with Crippen molar-refractivity contribution in [2.45, 2.75) is 25.3 Å². The van der Waals surface area contributed by atoms with Crippen LogP contribution in [0.5, 0.6) is 5.75 Å². The highest BCUT2D eigenvalue weighted by Crippen LogP contribution is 2.31. The van der Waals surface area contributed by atoms with Crippen molar-refractivity contribution in [1.29, 1.82) is 0 Å². The normalized spacial score (nSPS) is 19.0. The fraction of sp³-hybridized carbons (Fsp3) is 0.429. The molecule has 106 valence electrons. The van der Waals surface area contributed by atoms with Crippen LogP contribution in [0.25, 0.3) is 11.4 Å². The largest absolute Gasteiger partial charge is 0.496 e. The summed E-state index contributed by atoms with van der Waals surface area (Å²) in [5.41, 5.74) is 0.780. The SMILES string of the molecule is COc1cc(Cl)ccc1-c1noc([C@H]2CCCCN2)n1. The van der Waals surface area contributed by atoms with E-state index in [9.17, 15) is 0 Å². The van der Waals surface area contributed by atoms with Crippen LogP contribution in [-0.4, -0.2) is 23.8 Å². The Kier molecular flexibility index (Phi) is 3.89. The number of aromatic nitrogens is 2. The van der Waals surface area contributed by atoms with Crippen molar-refractivity contribution in [3.05, 3.63) is 29.1 Å². The van der Waals surface area contributed by atoms with Crippen LogP contribution >= 0.6 is 11.6 Å². The van der Waals surface area contributed by atoms with Crippen LogP contribution in [0.1, 0.15) is 31.2 Å². The summed E-state index contributed by atoms with van der Waals surface area (Å²) in [4.78, 5) is 4.48. The van der Waals surface area contributed by atoms with E-state index < -0.39 is 0 Å². The van der Waals surface area contributed by atoms with Gasteiger partial charge in [0, 0.05) is 5.02 Å². The van der Waals surface area contributed by atoms with E-state index in [-0.39, 0.29) is 6.04 Å². The molecule has 3 rings (SSSR count). The molecular weight excluding hydrogens is 278 g/mol. The fourth-order valence-corrected chi connectivity index (χ4v) is 2.56. The van der Waals surface area contributed by atoms with Gasteiger partial charge in [0.2, 0.25) is 11.7 Å². The number of benzene rings is 1. The molecule has 1 aromatic heterocycles. The van der Waals surface area contributed by atoms with E-state index in [0.29, 0.717) is 22.5 Å². The Morgan fingerprint density at radius 2 is 2.30 bits per heavy atom. The second-order valence-electron chi connectivity index (χ2n) is 4.80. The quantitative estimate of drug-likeness (QED) is 0.941. The van der Waals surface area contributed by atoms with Crippen molar-refractivity contribution >= 4 is 11.6 Å². The Morgan fingerprint density at radius 3 is 3.05 bits per heavy atom. The number of nitrogens with one attached hydrogen (secondary N) is 1. The summed E-state index contributed by atoms with van der Waals surface area (Å²) in [5.74, 6) is 1.80. The summed E-state index contributed by atoms with van der Waals surface area (Å²) < 4.78 is 10.7. The highest BCUT2D eigenvalue weighted by molar-refractivity contribution is 6.30. The van der Waals surface area contributed by atoms with Crippen molar-refractivity contribution in [2.75, 3.05) is 13.7 Å². The van der Waals surface area contributed by atoms with Crippen molar-refractivity contribution in [2.24, 2.45) is 0 Å². The van der Waals surface area contributed by atoms with Gasteiger partial charge in [-0.1, -0.05) is 23.2 Å². The van der Waals surface area contributed by atoms with Gasteiger partial charge in [-0.3, -0.25) is 0 Å². The van der Waals surface area contributed by atoms with E-state index in [4.69, 9.17) is 20.9 Å². The van der Waals surface area contributed by atoms with Gasteiger partial charge in [0.25, 0.3) is 0 Å². The van der Waals surface area contributed by atoms with Gasteiger partial charge in [-0.2, -0.15) is 4.98 Å². The van der Waals surface area contributed by atoms with Crippen LogP contribution in [0.2, 0.25) is 5.02 Å². The van der Waals surface area contributed by atoms with Crippen LogP contribution in [0.15, 0.2) is 22.7 Å². The second-order valence-corrected chi connectivity index (χ2v) is 5.24. The molecule has 1 aliphatic heterocycles. The minimum absolute atomic E-state index is 0.156. The first-order valence-electron chi connectivity index (χ1n) is 6.69. The molecule has 1 fully saturated rings. The second kappa shape index (κ2) is 5.81. The van der Waals surface area contributed by atoms with Crippen LogP contribution < -0.4 is 10.1 Å². The molecule has 0 amide bonds. The molecule has 0 spiro atoms. The molecule has 1 aliphatic rings. The molecule has 1 atom stereocenters. The third-order valence-electron chi connectivity index (χ3n) is 3.45. The molecule has 0 aliphatic carbocycles. The average Bonchev–Trinajstić information content (AvgIpc) is 2.97. The van der Waals surface area contributed by atoms with Gasteiger partial charge >= 0.3 is 0 Å². The molecule has 1 N–H and O–H groups in total. The van der Waals surface area contributed by atoms with E-state index in [0.717, 1.165) is 18.5 Å². The maximum Gasteiger partial charge on any atom is 0.244 e. The standard InChI is InChI=1S/C14H16ClN3O2/c1-19-12-8-9(15)5-6-10(12)13-17-14(20-18-13)11-4-2-3-7-16-11/h5-6,8,11,16H,2-4,7H2,1H3/t11-/m1/s1. The summed E-state index contributed by atoms with van der Waals surface area (Å²) in [6.45, 7) is 0.993. The lowest BCUT2D eigenvalue weighted by atomic mass is 10.1. The Hall–Kier alpha value is -1.59. The predicted octanol–water partition coefficient (Wildman–Crippen LogP) is 3.21. The number of rotatable bonds is 3. The minimum Gasteiger partial charge on any atom is -0.496 e. The van der Waals surface area contributed by atoms with Gasteiger partial charge in [0.05, 0.1) is 18.7 Å². The highest BCUT2D eigenvalue weighted by atomic mass is 35.5. The highest BCUT2D eigenvalue weighted by Gasteiger charge is 2.22. The third kappa shape index (κ3) is 2.64. The third-order valence-corrected chi connectivity index (χ3v) is 3.69. The lowest BCUT2D eigenvalue weighted by Gasteiger charge is -2.19. The molecule has 1 saturated heterocycles. The maximum absolute atomic E-state index is 5.96. The number of hydrogen-bond donors (Lipinski definition) is 1. The summed E-state index contributed by atoms with van der Waals surface area (Å²) in [6, 6.07) is 5.52. The van der Waals surface area contributed by atoms with Gasteiger partial charge in [-0.05, 0) is 37.6 Å². The Morgan fingerprint density at radius 1 is 1.40 bits per heavy atom. The molecule has 0 bridgehead atoms. The van der Waals surface area contributed by atoms with E-state index in [1.807, 2.05) is 6.07 Å². The Labute approximate surface area is 122 Å². The van der Waals surface area contributed by atoms with Crippen molar-refractivity contribution in [3.8, 4) is 17.1 Å². The molecule has 20 heavy (non-hydrogen) atoms. The molecule has 0 unspecified atom stereocenters. The lowest BCUT2D eigenvalue weighted by molar-refractivity contribution is 0.297. The summed E-state index contributed by atoms with van der Waals surface area (Å²) in [6.07, 6.45) is 3.40. The van der Waals surface area contributed by atoms with E-state index in [1.165, 1.54) is 12.8 Å². The van der Waals surface area contributed by atoms with Gasteiger partial charge in [0.1, 0.15) is 5.75 Å². The first-order chi connectivity index (χ1) is 9.78. The zero-order chi connectivity index (χ0) is 13.9. The van der Waals surface area contributed by atoms with E-state index in [1.54, 1.807) is 19.2 Å². The Balaban J connectivity index is 1.89. The monoisotopic (exact) mass is 293 g/mol. The average molecular weight is 294 g/mol. The Bertz CT molecular complexity index is 594. The van der Waals surface area contributed by atoms with E-state index in [2.05, 4.69) is 15.5 Å². The molecule has 2 aromatic rings. The van der Waals surface area contributed by atoms with Crippen molar-refractivity contribution in [1.82, 2.24) is 15.5 Å². The molecule has 1 aromatic carbocycles. The lowest BCUT2D eigenvalue weighted by Crippen LogP contribution is -2.26. The number of methoxy groups -OCH3 is 1. The summed E-state index contributed by atoms with van der Waals surface area (Å²) in [5, 5.41) is 8.05. The molecule has 6 heteroatoms. The number of nitrogens with zero attached hydrogens (tertiary/aromatic N) is 2. The molecular formula is C14H16ClN3O2. The number of halogens is 1.